The van der Waals surface area contributed by atoms with Crippen LogP contribution in [-0.2, 0) is 6.54 Å². The van der Waals surface area contributed by atoms with Crippen molar-refractivity contribution in [2.45, 2.75) is 33.2 Å². The molecule has 1 aromatic carbocycles. The zero-order valence-corrected chi connectivity index (χ0v) is 11.0. The first-order valence-electron chi connectivity index (χ1n) is 6.07. The van der Waals surface area contributed by atoms with Crippen molar-refractivity contribution < 1.29 is 0 Å². The average molecular weight is 252 g/mol. The molecular formula is C13H18ClN3. The lowest BCUT2D eigenvalue weighted by Gasteiger charge is -2.15. The number of imidazole rings is 1. The number of fused-ring (bicyclic) bond motifs is 1. The fourth-order valence-electron chi connectivity index (χ4n) is 2.15. The Kier molecular flexibility index (Phi) is 3.57. The van der Waals surface area contributed by atoms with Crippen LogP contribution < -0.4 is 5.73 Å². The topological polar surface area (TPSA) is 43.8 Å². The number of aromatic nitrogens is 2. The number of nitrogens with two attached hydrogens (primary N) is 1. The van der Waals surface area contributed by atoms with E-state index in [0.717, 1.165) is 35.4 Å². The van der Waals surface area contributed by atoms with Crippen LogP contribution in [0, 0.1) is 5.92 Å². The maximum atomic E-state index is 6.23. The minimum atomic E-state index is 0.556. The fourth-order valence-corrected chi connectivity index (χ4v) is 2.42. The van der Waals surface area contributed by atoms with Crippen LogP contribution >= 0.6 is 11.6 Å². The van der Waals surface area contributed by atoms with Crippen molar-refractivity contribution in [3.05, 3.63) is 23.2 Å². The van der Waals surface area contributed by atoms with Gasteiger partial charge in [0.15, 0.2) is 0 Å². The van der Waals surface area contributed by atoms with Crippen molar-refractivity contribution in [3.8, 4) is 0 Å². The van der Waals surface area contributed by atoms with Gasteiger partial charge in [-0.25, -0.2) is 4.98 Å². The fraction of sp³-hybridized carbons (Fsp3) is 0.462. The molecule has 1 heterocycles. The highest BCUT2D eigenvalue weighted by Gasteiger charge is 2.14. The standard InChI is InChI=1S/C13H18ClN3/c1-3-9(4-2)8-17-12-10(14)6-5-7-11(12)16-13(17)15/h5-7,9H,3-4,8H2,1-2H3,(H2,15,16). The molecule has 0 fully saturated rings. The van der Waals surface area contributed by atoms with Gasteiger partial charge in [0.25, 0.3) is 0 Å². The molecular weight excluding hydrogens is 234 g/mol. The van der Waals surface area contributed by atoms with Crippen LogP contribution in [0.25, 0.3) is 11.0 Å². The number of anilines is 1. The third-order valence-corrected chi connectivity index (χ3v) is 3.65. The van der Waals surface area contributed by atoms with Gasteiger partial charge in [-0.05, 0) is 18.1 Å². The Morgan fingerprint density at radius 1 is 1.35 bits per heavy atom. The lowest BCUT2D eigenvalue weighted by Crippen LogP contribution is -2.11. The van der Waals surface area contributed by atoms with Crippen LogP contribution in [0.5, 0.6) is 0 Å². The quantitative estimate of drug-likeness (QED) is 0.900. The normalized spacial score (nSPS) is 11.5. The second-order valence-electron chi connectivity index (χ2n) is 4.37. The van der Waals surface area contributed by atoms with E-state index < -0.39 is 0 Å². The van der Waals surface area contributed by atoms with Crippen molar-refractivity contribution in [1.29, 1.82) is 0 Å². The molecule has 4 heteroatoms. The van der Waals surface area contributed by atoms with Crippen molar-refractivity contribution >= 4 is 28.6 Å². The van der Waals surface area contributed by atoms with E-state index in [1.807, 2.05) is 22.8 Å². The molecule has 3 nitrogen and oxygen atoms in total. The van der Waals surface area contributed by atoms with Crippen LogP contribution in [0.2, 0.25) is 5.02 Å². The Morgan fingerprint density at radius 3 is 2.71 bits per heavy atom. The van der Waals surface area contributed by atoms with Crippen LogP contribution in [0.1, 0.15) is 26.7 Å². The molecule has 0 radical (unpaired) electrons. The number of para-hydroxylation sites is 1. The van der Waals surface area contributed by atoms with Gasteiger partial charge in [0.1, 0.15) is 0 Å². The van der Waals surface area contributed by atoms with E-state index in [9.17, 15) is 0 Å². The molecule has 1 aromatic heterocycles. The van der Waals surface area contributed by atoms with E-state index >= 15 is 0 Å². The van der Waals surface area contributed by atoms with Gasteiger partial charge in [0.05, 0.1) is 16.1 Å². The Morgan fingerprint density at radius 2 is 2.06 bits per heavy atom. The summed E-state index contributed by atoms with van der Waals surface area (Å²) in [4.78, 5) is 4.35. The highest BCUT2D eigenvalue weighted by atomic mass is 35.5. The number of halogens is 1. The van der Waals surface area contributed by atoms with Gasteiger partial charge < -0.3 is 10.3 Å². The van der Waals surface area contributed by atoms with Crippen LogP contribution in [0.4, 0.5) is 5.95 Å². The van der Waals surface area contributed by atoms with Crippen LogP contribution in [0.15, 0.2) is 18.2 Å². The Balaban J connectivity index is 2.48. The molecule has 2 N–H and O–H groups in total. The smallest absolute Gasteiger partial charge is 0.201 e. The van der Waals surface area contributed by atoms with Crippen molar-refractivity contribution in [2.24, 2.45) is 5.92 Å². The number of hydrogen-bond acceptors (Lipinski definition) is 2. The van der Waals surface area contributed by atoms with Gasteiger partial charge in [-0.3, -0.25) is 0 Å². The molecule has 0 aliphatic carbocycles. The maximum absolute atomic E-state index is 6.23. The zero-order chi connectivity index (χ0) is 12.4. The second-order valence-corrected chi connectivity index (χ2v) is 4.78. The van der Waals surface area contributed by atoms with Gasteiger partial charge in [-0.2, -0.15) is 0 Å². The average Bonchev–Trinajstić information content (AvgIpc) is 2.63. The van der Waals surface area contributed by atoms with Gasteiger partial charge in [-0.1, -0.05) is 44.4 Å². The molecule has 0 spiro atoms. The minimum Gasteiger partial charge on any atom is -0.369 e. The van der Waals surface area contributed by atoms with E-state index in [2.05, 4.69) is 18.8 Å². The zero-order valence-electron chi connectivity index (χ0n) is 10.3. The molecule has 0 unspecified atom stereocenters. The summed E-state index contributed by atoms with van der Waals surface area (Å²) in [7, 11) is 0. The summed E-state index contributed by atoms with van der Waals surface area (Å²) in [6.45, 7) is 5.29. The highest BCUT2D eigenvalue weighted by molar-refractivity contribution is 6.35. The lowest BCUT2D eigenvalue weighted by molar-refractivity contribution is 0.427. The lowest BCUT2D eigenvalue weighted by atomic mass is 10.0. The first-order valence-corrected chi connectivity index (χ1v) is 6.45. The Bertz CT molecular complexity index is 515. The molecule has 92 valence electrons. The van der Waals surface area contributed by atoms with E-state index in [4.69, 9.17) is 17.3 Å². The molecule has 17 heavy (non-hydrogen) atoms. The summed E-state index contributed by atoms with van der Waals surface area (Å²) in [5.74, 6) is 1.17. The molecule has 0 saturated heterocycles. The largest absolute Gasteiger partial charge is 0.369 e. The summed E-state index contributed by atoms with van der Waals surface area (Å²) in [6, 6.07) is 5.73. The summed E-state index contributed by atoms with van der Waals surface area (Å²) in [6.07, 6.45) is 2.28. The first kappa shape index (κ1) is 12.2. The predicted octanol–water partition coefficient (Wildman–Crippen LogP) is 3.71. The first-order chi connectivity index (χ1) is 8.17. The second kappa shape index (κ2) is 4.96. The van der Waals surface area contributed by atoms with E-state index in [-0.39, 0.29) is 0 Å². The maximum Gasteiger partial charge on any atom is 0.201 e. The van der Waals surface area contributed by atoms with Crippen molar-refractivity contribution in [3.63, 3.8) is 0 Å². The molecule has 0 atom stereocenters. The summed E-state index contributed by atoms with van der Waals surface area (Å²) >= 11 is 6.23. The molecule has 0 saturated carbocycles. The third kappa shape index (κ3) is 2.25. The van der Waals surface area contributed by atoms with Gasteiger partial charge in [0, 0.05) is 6.54 Å². The molecule has 0 bridgehead atoms. The van der Waals surface area contributed by atoms with Crippen LogP contribution in [0.3, 0.4) is 0 Å². The van der Waals surface area contributed by atoms with Gasteiger partial charge >= 0.3 is 0 Å². The van der Waals surface area contributed by atoms with Gasteiger partial charge in [-0.15, -0.1) is 0 Å². The van der Waals surface area contributed by atoms with Crippen LogP contribution in [-0.4, -0.2) is 9.55 Å². The van der Waals surface area contributed by atoms with Crippen molar-refractivity contribution in [1.82, 2.24) is 9.55 Å². The summed E-state index contributed by atoms with van der Waals surface area (Å²) in [5, 5.41) is 0.720. The SMILES string of the molecule is CCC(CC)Cn1c(N)nc2cccc(Cl)c21. The molecule has 0 aliphatic heterocycles. The molecule has 2 rings (SSSR count). The number of hydrogen-bond donors (Lipinski definition) is 1. The number of rotatable bonds is 4. The minimum absolute atomic E-state index is 0.556. The van der Waals surface area contributed by atoms with Gasteiger partial charge in [0.2, 0.25) is 5.95 Å². The molecule has 0 aliphatic rings. The van der Waals surface area contributed by atoms with E-state index in [0.29, 0.717) is 11.9 Å². The highest BCUT2D eigenvalue weighted by Crippen LogP contribution is 2.27. The van der Waals surface area contributed by atoms with E-state index in [1.54, 1.807) is 0 Å². The monoisotopic (exact) mass is 251 g/mol. The number of nitrogens with zero attached hydrogens (tertiary/aromatic N) is 2. The van der Waals surface area contributed by atoms with E-state index in [1.165, 1.54) is 0 Å². The van der Waals surface area contributed by atoms with Crippen molar-refractivity contribution in [2.75, 3.05) is 5.73 Å². The third-order valence-electron chi connectivity index (χ3n) is 3.34. The summed E-state index contributed by atoms with van der Waals surface area (Å²) < 4.78 is 2.04. The predicted molar refractivity (Wildman–Crippen MR) is 73.2 cm³/mol. The number of nitrogen functional groups attached to an aromatic ring is 1. The Labute approximate surface area is 107 Å². The Hall–Kier alpha value is -1.22. The number of benzene rings is 1. The summed E-state index contributed by atoms with van der Waals surface area (Å²) in [5.41, 5.74) is 7.81. The molecule has 0 amide bonds. The molecule has 2 aromatic rings.